The molecule has 0 bridgehead atoms. The molecule has 1 rings (SSSR count). The number of likely N-dealkylation sites (N-methyl/N-ethyl adjacent to an activating group) is 1. The van der Waals surface area contributed by atoms with Crippen molar-refractivity contribution in [3.8, 4) is 0 Å². The van der Waals surface area contributed by atoms with Gasteiger partial charge in [-0.2, -0.15) is 0 Å². The summed E-state index contributed by atoms with van der Waals surface area (Å²) in [6.07, 6.45) is -0.423. The van der Waals surface area contributed by atoms with Gasteiger partial charge in [0.1, 0.15) is 6.54 Å². The number of amides is 2. The van der Waals surface area contributed by atoms with Gasteiger partial charge in [0.25, 0.3) is 0 Å². The summed E-state index contributed by atoms with van der Waals surface area (Å²) in [5.41, 5.74) is 1.72. The lowest BCUT2D eigenvalue weighted by molar-refractivity contribution is -0.115. The molecule has 0 spiro atoms. The van der Waals surface area contributed by atoms with Gasteiger partial charge in [0.05, 0.1) is 0 Å². The fourth-order valence-electron chi connectivity index (χ4n) is 1.47. The second kappa shape index (κ2) is 7.29. The lowest BCUT2D eigenvalue weighted by atomic mass is 10.1. The topological polar surface area (TPSA) is 90.5 Å². The van der Waals surface area contributed by atoms with Crippen LogP contribution in [-0.4, -0.2) is 37.2 Å². The van der Waals surface area contributed by atoms with Crippen LogP contribution < -0.4 is 16.0 Å². The number of hydrogen-bond donors (Lipinski definition) is 4. The number of hydrogen-bond acceptors (Lipinski definition) is 3. The molecule has 6 nitrogen and oxygen atoms in total. The first-order chi connectivity index (χ1) is 8.63. The molecule has 0 fully saturated rings. The van der Waals surface area contributed by atoms with E-state index in [2.05, 4.69) is 10.6 Å². The Hall–Kier alpha value is -2.08. The minimum Gasteiger partial charge on any atom is -0.465 e. The number of rotatable bonds is 6. The van der Waals surface area contributed by atoms with Crippen molar-refractivity contribution < 1.29 is 14.7 Å². The van der Waals surface area contributed by atoms with E-state index < -0.39 is 6.09 Å². The molecule has 1 aromatic rings. The minimum atomic E-state index is -1.21. The smallest absolute Gasteiger partial charge is 0.405 e. The molecule has 0 atom stereocenters. The van der Waals surface area contributed by atoms with Crippen LogP contribution in [0.1, 0.15) is 5.56 Å². The van der Waals surface area contributed by atoms with E-state index in [0.29, 0.717) is 5.69 Å². The summed E-state index contributed by atoms with van der Waals surface area (Å²) in [6.45, 7) is 0.552. The van der Waals surface area contributed by atoms with Crippen molar-refractivity contribution in [2.45, 2.75) is 6.42 Å². The molecule has 0 aromatic heterocycles. The number of anilines is 1. The SMILES string of the molecule is CNCCc1ccccc1NC(=O)CNC(=O)O. The van der Waals surface area contributed by atoms with Crippen LogP contribution in [0, 0.1) is 0 Å². The van der Waals surface area contributed by atoms with Crippen LogP contribution in [0.3, 0.4) is 0 Å². The highest BCUT2D eigenvalue weighted by molar-refractivity contribution is 5.94. The highest BCUT2D eigenvalue weighted by Gasteiger charge is 2.07. The third kappa shape index (κ3) is 4.84. The van der Waals surface area contributed by atoms with E-state index in [1.165, 1.54) is 0 Å². The third-order valence-electron chi connectivity index (χ3n) is 2.34. The molecule has 0 radical (unpaired) electrons. The van der Waals surface area contributed by atoms with Gasteiger partial charge in [0, 0.05) is 5.69 Å². The Morgan fingerprint density at radius 2 is 2.00 bits per heavy atom. The van der Waals surface area contributed by atoms with E-state index in [1.54, 1.807) is 6.07 Å². The maximum Gasteiger partial charge on any atom is 0.405 e. The summed E-state index contributed by atoms with van der Waals surface area (Å²) in [6, 6.07) is 7.44. The Balaban J connectivity index is 2.59. The normalized spacial score (nSPS) is 9.83. The first-order valence-corrected chi connectivity index (χ1v) is 5.62. The van der Waals surface area contributed by atoms with Gasteiger partial charge in [0.15, 0.2) is 0 Å². The van der Waals surface area contributed by atoms with Gasteiger partial charge in [-0.1, -0.05) is 18.2 Å². The maximum atomic E-state index is 11.5. The average molecular weight is 251 g/mol. The molecule has 6 heteroatoms. The molecule has 0 heterocycles. The molecule has 0 aliphatic rings. The highest BCUT2D eigenvalue weighted by atomic mass is 16.4. The predicted molar refractivity (Wildman–Crippen MR) is 68.7 cm³/mol. The minimum absolute atomic E-state index is 0.254. The number of carbonyl (C=O) groups is 2. The molecule has 0 saturated carbocycles. The summed E-state index contributed by atoms with van der Waals surface area (Å²) < 4.78 is 0. The van der Waals surface area contributed by atoms with Crippen molar-refractivity contribution in [1.82, 2.24) is 10.6 Å². The van der Waals surface area contributed by atoms with Crippen LogP contribution in [0.2, 0.25) is 0 Å². The zero-order chi connectivity index (χ0) is 13.4. The molecule has 0 saturated heterocycles. The van der Waals surface area contributed by atoms with Gasteiger partial charge < -0.3 is 21.1 Å². The predicted octanol–water partition coefficient (Wildman–Crippen LogP) is 0.655. The van der Waals surface area contributed by atoms with Crippen molar-refractivity contribution >= 4 is 17.7 Å². The molecule has 0 aliphatic heterocycles. The second-order valence-electron chi connectivity index (χ2n) is 3.72. The number of nitrogens with one attached hydrogen (secondary N) is 3. The van der Waals surface area contributed by atoms with Crippen LogP contribution in [0.5, 0.6) is 0 Å². The first kappa shape index (κ1) is 14.0. The number of benzene rings is 1. The molecule has 18 heavy (non-hydrogen) atoms. The Morgan fingerprint density at radius 1 is 1.28 bits per heavy atom. The van der Waals surface area contributed by atoms with Crippen LogP contribution >= 0.6 is 0 Å². The number of para-hydroxylation sites is 1. The molecule has 98 valence electrons. The standard InChI is InChI=1S/C12H17N3O3/c1-13-7-6-9-4-2-3-5-10(9)15-11(16)8-14-12(17)18/h2-5,13-14H,6-8H2,1H3,(H,15,16)(H,17,18). The molecule has 1 aromatic carbocycles. The van der Waals surface area contributed by atoms with Gasteiger partial charge in [-0.05, 0) is 31.6 Å². The largest absolute Gasteiger partial charge is 0.465 e. The van der Waals surface area contributed by atoms with Crippen LogP contribution in [0.4, 0.5) is 10.5 Å². The molecular weight excluding hydrogens is 234 g/mol. The van der Waals surface area contributed by atoms with E-state index in [9.17, 15) is 9.59 Å². The fraction of sp³-hybridized carbons (Fsp3) is 0.333. The van der Waals surface area contributed by atoms with E-state index in [4.69, 9.17) is 5.11 Å². The van der Waals surface area contributed by atoms with Gasteiger partial charge in [0.2, 0.25) is 5.91 Å². The third-order valence-corrected chi connectivity index (χ3v) is 2.34. The van der Waals surface area contributed by atoms with Crippen molar-refractivity contribution in [3.05, 3.63) is 29.8 Å². The summed E-state index contributed by atoms with van der Waals surface area (Å²) in [4.78, 5) is 21.8. The molecule has 0 unspecified atom stereocenters. The molecule has 2 amide bonds. The summed E-state index contributed by atoms with van der Waals surface area (Å²) >= 11 is 0. The van der Waals surface area contributed by atoms with Crippen molar-refractivity contribution in [1.29, 1.82) is 0 Å². The number of carboxylic acid groups (broad SMARTS) is 1. The maximum absolute atomic E-state index is 11.5. The first-order valence-electron chi connectivity index (χ1n) is 5.62. The van der Waals surface area contributed by atoms with Crippen LogP contribution in [0.25, 0.3) is 0 Å². The molecular formula is C12H17N3O3. The van der Waals surface area contributed by atoms with Gasteiger partial charge in [-0.15, -0.1) is 0 Å². The van der Waals surface area contributed by atoms with E-state index in [-0.39, 0.29) is 12.5 Å². The summed E-state index contributed by atoms with van der Waals surface area (Å²) in [5, 5.41) is 16.1. The average Bonchev–Trinajstić information content (AvgIpc) is 2.35. The monoisotopic (exact) mass is 251 g/mol. The molecule has 4 N–H and O–H groups in total. The second-order valence-corrected chi connectivity index (χ2v) is 3.72. The summed E-state index contributed by atoms with van der Waals surface area (Å²) in [7, 11) is 1.86. The van der Waals surface area contributed by atoms with Gasteiger partial charge in [-0.25, -0.2) is 4.79 Å². The molecule has 0 aliphatic carbocycles. The van der Waals surface area contributed by atoms with Gasteiger partial charge >= 0.3 is 6.09 Å². The Labute approximate surface area is 105 Å². The zero-order valence-electron chi connectivity index (χ0n) is 10.2. The lowest BCUT2D eigenvalue weighted by Crippen LogP contribution is -2.31. The highest BCUT2D eigenvalue weighted by Crippen LogP contribution is 2.14. The fourth-order valence-corrected chi connectivity index (χ4v) is 1.47. The van der Waals surface area contributed by atoms with Crippen molar-refractivity contribution in [2.75, 3.05) is 25.5 Å². The van der Waals surface area contributed by atoms with E-state index in [0.717, 1.165) is 18.5 Å². The van der Waals surface area contributed by atoms with Crippen molar-refractivity contribution in [3.63, 3.8) is 0 Å². The zero-order valence-corrected chi connectivity index (χ0v) is 10.2. The van der Waals surface area contributed by atoms with Gasteiger partial charge in [-0.3, -0.25) is 4.79 Å². The van der Waals surface area contributed by atoms with Crippen LogP contribution in [0.15, 0.2) is 24.3 Å². The Bertz CT molecular complexity index is 421. The lowest BCUT2D eigenvalue weighted by Gasteiger charge is -2.10. The quantitative estimate of drug-likeness (QED) is 0.597. The Kier molecular flexibility index (Phi) is 5.66. The van der Waals surface area contributed by atoms with Crippen molar-refractivity contribution in [2.24, 2.45) is 0 Å². The summed E-state index contributed by atoms with van der Waals surface area (Å²) in [5.74, 6) is -0.380. The number of carbonyl (C=O) groups excluding carboxylic acids is 1. The van der Waals surface area contributed by atoms with E-state index >= 15 is 0 Å². The van der Waals surface area contributed by atoms with Crippen LogP contribution in [-0.2, 0) is 11.2 Å². The Morgan fingerprint density at radius 3 is 2.67 bits per heavy atom. The van der Waals surface area contributed by atoms with E-state index in [1.807, 2.05) is 30.6 Å².